The zero-order chi connectivity index (χ0) is 13.2. The maximum absolute atomic E-state index is 11.2. The molecule has 1 aliphatic rings. The Hall–Kier alpha value is -1.29. The molecule has 3 N–H and O–H groups in total. The van der Waals surface area contributed by atoms with Gasteiger partial charge in [0.15, 0.2) is 0 Å². The van der Waals surface area contributed by atoms with Crippen molar-refractivity contribution in [2.24, 2.45) is 5.41 Å². The molecule has 1 aromatic rings. The normalized spacial score (nSPS) is 18.3. The first-order valence-corrected chi connectivity index (χ1v) is 6.54. The van der Waals surface area contributed by atoms with Crippen LogP contribution in [0.15, 0.2) is 18.3 Å². The minimum atomic E-state index is -0.654. The number of nitrogens with one attached hydrogen (secondary N) is 2. The highest BCUT2D eigenvalue weighted by atomic mass is 16.4. The first kappa shape index (κ1) is 13.1. The monoisotopic (exact) mass is 250 g/mol. The summed E-state index contributed by atoms with van der Waals surface area (Å²) in [5.41, 5.74) is 0.659. The minimum absolute atomic E-state index is 0.00700. The lowest BCUT2D eigenvalue weighted by atomic mass is 9.68. The largest absolute Gasteiger partial charge is 0.481 e. The van der Waals surface area contributed by atoms with E-state index in [9.17, 15) is 9.90 Å². The highest BCUT2D eigenvalue weighted by Crippen LogP contribution is 2.40. The predicted molar refractivity (Wildman–Crippen MR) is 70.6 cm³/mol. The summed E-state index contributed by atoms with van der Waals surface area (Å²) in [6, 6.07) is 4.06. The molecule has 2 rings (SSSR count). The van der Waals surface area contributed by atoms with Crippen molar-refractivity contribution >= 4 is 5.97 Å². The average molecular weight is 250 g/mol. The first-order chi connectivity index (χ1) is 8.46. The van der Waals surface area contributed by atoms with Gasteiger partial charge >= 0.3 is 5.97 Å². The summed E-state index contributed by atoms with van der Waals surface area (Å²) >= 11 is 0. The van der Waals surface area contributed by atoms with Crippen LogP contribution in [0.3, 0.4) is 0 Å². The molecule has 0 spiro atoms. The minimum Gasteiger partial charge on any atom is -0.481 e. The molecule has 0 saturated heterocycles. The van der Waals surface area contributed by atoms with E-state index in [0.717, 1.165) is 25.8 Å². The maximum Gasteiger partial charge on any atom is 0.310 e. The zero-order valence-corrected chi connectivity index (χ0v) is 11.1. The Morgan fingerprint density at radius 1 is 1.56 bits per heavy atom. The van der Waals surface area contributed by atoms with Crippen LogP contribution in [-0.2, 0) is 10.2 Å². The van der Waals surface area contributed by atoms with Crippen LogP contribution in [0.5, 0.6) is 0 Å². The molecule has 0 aromatic carbocycles. The summed E-state index contributed by atoms with van der Waals surface area (Å²) in [6.45, 7) is 5.66. The second-order valence-electron chi connectivity index (χ2n) is 6.01. The van der Waals surface area contributed by atoms with Gasteiger partial charge in [-0.25, -0.2) is 0 Å². The van der Waals surface area contributed by atoms with E-state index in [0.29, 0.717) is 6.54 Å². The van der Waals surface area contributed by atoms with Gasteiger partial charge in [0, 0.05) is 30.4 Å². The van der Waals surface area contributed by atoms with Crippen LogP contribution >= 0.6 is 0 Å². The number of carboxylic acid groups (broad SMARTS) is 1. The van der Waals surface area contributed by atoms with E-state index >= 15 is 0 Å². The van der Waals surface area contributed by atoms with Crippen LogP contribution in [0.4, 0.5) is 0 Å². The van der Waals surface area contributed by atoms with E-state index in [1.807, 2.05) is 12.3 Å². The number of hydrogen-bond donors (Lipinski definition) is 3. The molecule has 1 fully saturated rings. The topological polar surface area (TPSA) is 65.1 Å². The third kappa shape index (κ3) is 2.43. The molecule has 1 heterocycles. The number of rotatable bonds is 6. The van der Waals surface area contributed by atoms with Gasteiger partial charge in [-0.2, -0.15) is 0 Å². The quantitative estimate of drug-likeness (QED) is 0.724. The number of carboxylic acids is 1. The summed E-state index contributed by atoms with van der Waals surface area (Å²) in [5, 5.41) is 12.6. The summed E-state index contributed by atoms with van der Waals surface area (Å²) < 4.78 is 0. The van der Waals surface area contributed by atoms with Gasteiger partial charge in [-0.15, -0.1) is 0 Å². The fraction of sp³-hybridized carbons (Fsp3) is 0.643. The maximum atomic E-state index is 11.2. The number of aliphatic carboxylic acids is 1. The second-order valence-corrected chi connectivity index (χ2v) is 6.01. The summed E-state index contributed by atoms with van der Waals surface area (Å²) in [7, 11) is 0. The van der Waals surface area contributed by atoms with Gasteiger partial charge in [0.2, 0.25) is 0 Å². The number of carbonyl (C=O) groups is 1. The van der Waals surface area contributed by atoms with Crippen LogP contribution in [-0.4, -0.2) is 29.1 Å². The molecule has 0 radical (unpaired) electrons. The van der Waals surface area contributed by atoms with E-state index in [1.165, 1.54) is 5.69 Å². The summed E-state index contributed by atoms with van der Waals surface area (Å²) in [4.78, 5) is 14.5. The van der Waals surface area contributed by atoms with E-state index in [-0.39, 0.29) is 5.41 Å². The van der Waals surface area contributed by atoms with Gasteiger partial charge in [-0.05, 0) is 25.0 Å². The fourth-order valence-electron chi connectivity index (χ4n) is 2.53. The van der Waals surface area contributed by atoms with Gasteiger partial charge in [0.05, 0.1) is 5.41 Å². The van der Waals surface area contributed by atoms with Crippen LogP contribution < -0.4 is 5.32 Å². The van der Waals surface area contributed by atoms with Gasteiger partial charge in [0.25, 0.3) is 0 Å². The molecule has 100 valence electrons. The van der Waals surface area contributed by atoms with Crippen molar-refractivity contribution in [3.05, 3.63) is 24.0 Å². The van der Waals surface area contributed by atoms with Gasteiger partial charge in [-0.3, -0.25) is 4.79 Å². The van der Waals surface area contributed by atoms with Crippen molar-refractivity contribution in [2.45, 2.75) is 38.5 Å². The third-order valence-corrected chi connectivity index (χ3v) is 4.12. The second kappa shape index (κ2) is 4.76. The Kier molecular flexibility index (Phi) is 3.48. The van der Waals surface area contributed by atoms with E-state index in [4.69, 9.17) is 0 Å². The SMILES string of the molecule is CC(C)(CNCC1(C(=O)O)CCC1)c1ccc[nH]1. The van der Waals surface area contributed by atoms with Gasteiger partial charge in [-0.1, -0.05) is 20.3 Å². The average Bonchev–Trinajstić information content (AvgIpc) is 2.74. The van der Waals surface area contributed by atoms with Crippen LogP contribution in [0.25, 0.3) is 0 Å². The molecule has 1 aliphatic carbocycles. The summed E-state index contributed by atoms with van der Waals surface area (Å²) in [6.07, 6.45) is 4.56. The van der Waals surface area contributed by atoms with Crippen LogP contribution in [0.1, 0.15) is 38.8 Å². The lowest BCUT2D eigenvalue weighted by Crippen LogP contribution is -2.48. The molecule has 4 heteroatoms. The third-order valence-electron chi connectivity index (χ3n) is 4.12. The van der Waals surface area contributed by atoms with E-state index in [1.54, 1.807) is 0 Å². The number of hydrogen-bond acceptors (Lipinski definition) is 2. The number of H-pyrrole nitrogens is 1. The number of aromatic amines is 1. The smallest absolute Gasteiger partial charge is 0.310 e. The molecule has 0 aliphatic heterocycles. The molecular formula is C14H22N2O2. The van der Waals surface area contributed by atoms with Gasteiger partial charge in [0.1, 0.15) is 0 Å². The van der Waals surface area contributed by atoms with Crippen molar-refractivity contribution in [3.8, 4) is 0 Å². The summed E-state index contributed by atoms with van der Waals surface area (Å²) in [5.74, 6) is -0.654. The van der Waals surface area contributed by atoms with E-state index < -0.39 is 11.4 Å². The Morgan fingerprint density at radius 3 is 2.72 bits per heavy atom. The van der Waals surface area contributed by atoms with Crippen LogP contribution in [0.2, 0.25) is 0 Å². The standard InChI is InChI=1S/C14H22N2O2/c1-13(2,11-5-3-8-16-11)9-15-10-14(12(17)18)6-4-7-14/h3,5,8,15-16H,4,6-7,9-10H2,1-2H3,(H,17,18). The van der Waals surface area contributed by atoms with Crippen molar-refractivity contribution in [3.63, 3.8) is 0 Å². The predicted octanol–water partition coefficient (Wildman–Crippen LogP) is 2.14. The molecule has 18 heavy (non-hydrogen) atoms. The fourth-order valence-corrected chi connectivity index (χ4v) is 2.53. The Morgan fingerprint density at radius 2 is 2.28 bits per heavy atom. The molecule has 0 amide bonds. The first-order valence-electron chi connectivity index (χ1n) is 6.54. The molecule has 4 nitrogen and oxygen atoms in total. The Labute approximate surface area is 108 Å². The molecule has 1 aromatic heterocycles. The van der Waals surface area contributed by atoms with Crippen molar-refractivity contribution < 1.29 is 9.90 Å². The molecule has 0 atom stereocenters. The lowest BCUT2D eigenvalue weighted by Gasteiger charge is -2.38. The van der Waals surface area contributed by atoms with Gasteiger partial charge < -0.3 is 15.4 Å². The lowest BCUT2D eigenvalue weighted by molar-refractivity contribution is -0.154. The van der Waals surface area contributed by atoms with E-state index in [2.05, 4.69) is 30.2 Å². The highest BCUT2D eigenvalue weighted by molar-refractivity contribution is 5.76. The molecular weight excluding hydrogens is 228 g/mol. The Balaban J connectivity index is 1.87. The van der Waals surface area contributed by atoms with Crippen molar-refractivity contribution in [1.29, 1.82) is 0 Å². The zero-order valence-electron chi connectivity index (χ0n) is 11.1. The highest BCUT2D eigenvalue weighted by Gasteiger charge is 2.44. The molecule has 1 saturated carbocycles. The van der Waals surface area contributed by atoms with Crippen LogP contribution in [0, 0.1) is 5.41 Å². The molecule has 0 bridgehead atoms. The van der Waals surface area contributed by atoms with Crippen molar-refractivity contribution in [1.82, 2.24) is 10.3 Å². The Bertz CT molecular complexity index is 405. The van der Waals surface area contributed by atoms with Crippen molar-refractivity contribution in [2.75, 3.05) is 13.1 Å². The number of aromatic nitrogens is 1. The molecule has 0 unspecified atom stereocenters.